The van der Waals surface area contributed by atoms with Crippen molar-refractivity contribution in [1.29, 1.82) is 0 Å². The molecule has 1 aromatic rings. The summed E-state index contributed by atoms with van der Waals surface area (Å²) in [4.78, 5) is 13.4. The van der Waals surface area contributed by atoms with Crippen LogP contribution in [0.25, 0.3) is 0 Å². The van der Waals surface area contributed by atoms with Gasteiger partial charge in [0.05, 0.1) is 5.41 Å². The summed E-state index contributed by atoms with van der Waals surface area (Å²) in [6.45, 7) is 7.06. The lowest BCUT2D eigenvalue weighted by atomic mass is 9.80. The number of carbonyl (C=O) groups is 1. The summed E-state index contributed by atoms with van der Waals surface area (Å²) in [7, 11) is 0. The predicted octanol–water partition coefficient (Wildman–Crippen LogP) is 2.56. The SMILES string of the molecule is Cc1ccc(OCCN2CCC(C)(C(=O)O)CC2)cc1. The maximum Gasteiger partial charge on any atom is 0.309 e. The van der Waals surface area contributed by atoms with Gasteiger partial charge in [0.1, 0.15) is 12.4 Å². The van der Waals surface area contributed by atoms with Gasteiger partial charge in [0.2, 0.25) is 0 Å². The molecule has 1 aromatic carbocycles. The van der Waals surface area contributed by atoms with Crippen molar-refractivity contribution in [3.8, 4) is 5.75 Å². The standard InChI is InChI=1S/C16H23NO3/c1-13-3-5-14(6-4-13)20-12-11-17-9-7-16(2,8-10-17)15(18)19/h3-6H,7-12H2,1-2H3,(H,18,19). The fraction of sp³-hybridized carbons (Fsp3) is 0.562. The van der Waals surface area contributed by atoms with E-state index in [1.54, 1.807) is 0 Å². The van der Waals surface area contributed by atoms with Crippen LogP contribution in [0.15, 0.2) is 24.3 Å². The number of carboxylic acids is 1. The smallest absolute Gasteiger partial charge is 0.309 e. The summed E-state index contributed by atoms with van der Waals surface area (Å²) >= 11 is 0. The van der Waals surface area contributed by atoms with Crippen LogP contribution in [0.3, 0.4) is 0 Å². The number of hydrogen-bond donors (Lipinski definition) is 1. The van der Waals surface area contributed by atoms with E-state index >= 15 is 0 Å². The first-order valence-electron chi connectivity index (χ1n) is 7.15. The van der Waals surface area contributed by atoms with Gasteiger partial charge >= 0.3 is 5.97 Å². The Hall–Kier alpha value is -1.55. The van der Waals surface area contributed by atoms with E-state index in [1.807, 2.05) is 31.2 Å². The maximum atomic E-state index is 11.2. The van der Waals surface area contributed by atoms with E-state index in [-0.39, 0.29) is 0 Å². The van der Waals surface area contributed by atoms with Crippen molar-refractivity contribution in [3.63, 3.8) is 0 Å². The highest BCUT2D eigenvalue weighted by atomic mass is 16.5. The first kappa shape index (κ1) is 14.9. The van der Waals surface area contributed by atoms with Crippen LogP contribution in [0.5, 0.6) is 5.75 Å². The third kappa shape index (κ3) is 3.73. The fourth-order valence-electron chi connectivity index (χ4n) is 2.41. The molecular weight excluding hydrogens is 254 g/mol. The molecule has 1 saturated heterocycles. The summed E-state index contributed by atoms with van der Waals surface area (Å²) in [5.41, 5.74) is 0.676. The molecule has 1 aliphatic heterocycles. The highest BCUT2D eigenvalue weighted by Crippen LogP contribution is 2.30. The van der Waals surface area contributed by atoms with Crippen LogP contribution >= 0.6 is 0 Å². The fourth-order valence-corrected chi connectivity index (χ4v) is 2.41. The largest absolute Gasteiger partial charge is 0.492 e. The van der Waals surface area contributed by atoms with Crippen LogP contribution < -0.4 is 4.74 Å². The molecule has 0 saturated carbocycles. The first-order chi connectivity index (χ1) is 9.49. The molecule has 0 radical (unpaired) electrons. The van der Waals surface area contributed by atoms with Gasteiger partial charge < -0.3 is 9.84 Å². The molecule has 1 fully saturated rings. The second-order valence-electron chi connectivity index (χ2n) is 5.87. The van der Waals surface area contributed by atoms with Gasteiger partial charge in [-0.3, -0.25) is 9.69 Å². The zero-order valence-electron chi connectivity index (χ0n) is 12.3. The van der Waals surface area contributed by atoms with E-state index in [1.165, 1.54) is 5.56 Å². The molecule has 0 unspecified atom stereocenters. The first-order valence-corrected chi connectivity index (χ1v) is 7.15. The number of hydrogen-bond acceptors (Lipinski definition) is 3. The molecule has 0 amide bonds. The molecule has 0 spiro atoms. The van der Waals surface area contributed by atoms with Gasteiger partial charge in [-0.15, -0.1) is 0 Å². The molecule has 0 aromatic heterocycles. The Bertz CT molecular complexity index is 447. The lowest BCUT2D eigenvalue weighted by Gasteiger charge is -2.36. The lowest BCUT2D eigenvalue weighted by molar-refractivity contribution is -0.150. The number of carboxylic acid groups (broad SMARTS) is 1. The molecule has 4 nitrogen and oxygen atoms in total. The number of ether oxygens (including phenoxy) is 1. The van der Waals surface area contributed by atoms with Gasteiger partial charge in [-0.25, -0.2) is 0 Å². The molecule has 0 aliphatic carbocycles. The molecule has 110 valence electrons. The van der Waals surface area contributed by atoms with Gasteiger partial charge in [0, 0.05) is 6.54 Å². The highest BCUT2D eigenvalue weighted by molar-refractivity contribution is 5.74. The van der Waals surface area contributed by atoms with Crippen molar-refractivity contribution in [2.24, 2.45) is 5.41 Å². The van der Waals surface area contributed by atoms with Gasteiger partial charge in [0.15, 0.2) is 0 Å². The predicted molar refractivity (Wildman–Crippen MR) is 78.1 cm³/mol. The molecule has 2 rings (SSSR count). The Morgan fingerprint density at radius 3 is 2.45 bits per heavy atom. The number of aryl methyl sites for hydroxylation is 1. The van der Waals surface area contributed by atoms with Crippen molar-refractivity contribution < 1.29 is 14.6 Å². The molecule has 20 heavy (non-hydrogen) atoms. The van der Waals surface area contributed by atoms with E-state index in [2.05, 4.69) is 11.8 Å². The number of likely N-dealkylation sites (tertiary alicyclic amines) is 1. The van der Waals surface area contributed by atoms with Gasteiger partial charge in [-0.05, 0) is 51.9 Å². The minimum atomic E-state index is -0.673. The van der Waals surface area contributed by atoms with Crippen molar-refractivity contribution >= 4 is 5.97 Å². The lowest BCUT2D eigenvalue weighted by Crippen LogP contribution is -2.43. The van der Waals surface area contributed by atoms with Gasteiger partial charge in [-0.1, -0.05) is 17.7 Å². The van der Waals surface area contributed by atoms with E-state index < -0.39 is 11.4 Å². The minimum absolute atomic E-state index is 0.547. The van der Waals surface area contributed by atoms with Crippen LogP contribution in [0.2, 0.25) is 0 Å². The van der Waals surface area contributed by atoms with E-state index in [0.717, 1.165) is 25.4 Å². The summed E-state index contributed by atoms with van der Waals surface area (Å²) in [6.07, 6.45) is 1.43. The number of piperidine rings is 1. The Balaban J connectivity index is 1.71. The number of benzene rings is 1. The Morgan fingerprint density at radius 2 is 1.90 bits per heavy atom. The second-order valence-corrected chi connectivity index (χ2v) is 5.87. The summed E-state index contributed by atoms with van der Waals surface area (Å²) in [5.74, 6) is 0.219. The normalized spacial score (nSPS) is 18.7. The zero-order valence-corrected chi connectivity index (χ0v) is 12.3. The average molecular weight is 277 g/mol. The molecule has 0 bridgehead atoms. The maximum absolute atomic E-state index is 11.2. The molecule has 1 N–H and O–H groups in total. The third-order valence-corrected chi connectivity index (χ3v) is 4.17. The zero-order chi connectivity index (χ0) is 14.6. The van der Waals surface area contributed by atoms with E-state index in [0.29, 0.717) is 19.4 Å². The molecule has 4 heteroatoms. The van der Waals surface area contributed by atoms with E-state index in [9.17, 15) is 9.90 Å². The van der Waals surface area contributed by atoms with Crippen LogP contribution in [-0.4, -0.2) is 42.2 Å². The number of aliphatic carboxylic acids is 1. The monoisotopic (exact) mass is 277 g/mol. The topological polar surface area (TPSA) is 49.8 Å². The Labute approximate surface area is 120 Å². The van der Waals surface area contributed by atoms with Crippen molar-refractivity contribution in [2.45, 2.75) is 26.7 Å². The van der Waals surface area contributed by atoms with Crippen molar-refractivity contribution in [2.75, 3.05) is 26.2 Å². The quantitative estimate of drug-likeness (QED) is 0.898. The van der Waals surface area contributed by atoms with E-state index in [4.69, 9.17) is 4.74 Å². The molecule has 0 atom stereocenters. The van der Waals surface area contributed by atoms with Crippen LogP contribution in [0, 0.1) is 12.3 Å². The Kier molecular flexibility index (Phi) is 4.65. The summed E-state index contributed by atoms with van der Waals surface area (Å²) in [5, 5.41) is 9.19. The summed E-state index contributed by atoms with van der Waals surface area (Å²) < 4.78 is 5.71. The highest BCUT2D eigenvalue weighted by Gasteiger charge is 2.36. The molecule has 1 aliphatic rings. The average Bonchev–Trinajstić information content (AvgIpc) is 2.43. The summed E-state index contributed by atoms with van der Waals surface area (Å²) in [6, 6.07) is 8.03. The van der Waals surface area contributed by atoms with Crippen molar-refractivity contribution in [3.05, 3.63) is 29.8 Å². The molecular formula is C16H23NO3. The van der Waals surface area contributed by atoms with Crippen LogP contribution in [-0.2, 0) is 4.79 Å². The number of nitrogens with zero attached hydrogens (tertiary/aromatic N) is 1. The van der Waals surface area contributed by atoms with Crippen LogP contribution in [0.1, 0.15) is 25.3 Å². The second kappa shape index (κ2) is 6.27. The van der Waals surface area contributed by atoms with Crippen LogP contribution in [0.4, 0.5) is 0 Å². The third-order valence-electron chi connectivity index (χ3n) is 4.17. The molecule has 1 heterocycles. The van der Waals surface area contributed by atoms with Gasteiger partial charge in [0.25, 0.3) is 0 Å². The number of rotatable bonds is 5. The van der Waals surface area contributed by atoms with Gasteiger partial charge in [-0.2, -0.15) is 0 Å². The Morgan fingerprint density at radius 1 is 1.30 bits per heavy atom. The van der Waals surface area contributed by atoms with Crippen molar-refractivity contribution in [1.82, 2.24) is 4.90 Å². The minimum Gasteiger partial charge on any atom is -0.492 e.